The third-order valence-electron chi connectivity index (χ3n) is 3.92. The maximum atomic E-state index is 12.6. The average molecular weight is 459 g/mol. The number of aromatic nitrogens is 1. The Morgan fingerprint density at radius 3 is 2.60 bits per heavy atom. The minimum atomic E-state index is -1.23. The number of nitrogens with two attached hydrogens (primary N) is 1. The summed E-state index contributed by atoms with van der Waals surface area (Å²) in [5.41, 5.74) is 4.59. The molecule has 5 N–H and O–H groups in total. The first kappa shape index (κ1) is 26.2. The first-order chi connectivity index (χ1) is 14.3. The van der Waals surface area contributed by atoms with Gasteiger partial charge >= 0.3 is 5.97 Å². The van der Waals surface area contributed by atoms with E-state index in [9.17, 15) is 19.5 Å². The fraction of sp³-hybridized carbons (Fsp3) is 0.579. The monoisotopic (exact) mass is 458 g/mol. The molecule has 9 nitrogen and oxygen atoms in total. The smallest absolute Gasteiger partial charge is 0.340 e. The number of nitrogens with zero attached hydrogens (tertiary/aromatic N) is 1. The van der Waals surface area contributed by atoms with Gasteiger partial charge in [-0.15, -0.1) is 0 Å². The van der Waals surface area contributed by atoms with Crippen molar-refractivity contribution in [2.75, 3.05) is 37.7 Å². The second-order valence-corrected chi connectivity index (χ2v) is 9.70. The van der Waals surface area contributed by atoms with Crippen LogP contribution in [0.25, 0.3) is 0 Å². The predicted octanol–water partition coefficient (Wildman–Crippen LogP) is 0.588. The van der Waals surface area contributed by atoms with Crippen LogP contribution in [0, 0.1) is 5.41 Å². The lowest BCUT2D eigenvalue weighted by molar-refractivity contribution is -0.138. The number of carbonyl (C=O) groups excluding carboxylic acids is 3. The van der Waals surface area contributed by atoms with Crippen LogP contribution >= 0.6 is 21.6 Å². The molecule has 30 heavy (non-hydrogen) atoms. The topological polar surface area (TPSA) is 144 Å². The van der Waals surface area contributed by atoms with Gasteiger partial charge in [0.15, 0.2) is 6.10 Å². The van der Waals surface area contributed by atoms with Crippen LogP contribution in [-0.4, -0.2) is 71.7 Å². The van der Waals surface area contributed by atoms with Crippen molar-refractivity contribution >= 4 is 39.4 Å². The van der Waals surface area contributed by atoms with Gasteiger partial charge in [-0.05, 0) is 12.1 Å². The largest absolute Gasteiger partial charge is 0.448 e. The molecule has 0 aromatic carbocycles. The standard InChI is InChI=1S/C19H30N4O5S2/c1-19(2,13-24)16(28-18(27)14-4-3-7-21-12-14)17(26)23-8-5-15(25)22-9-11-30-29-10-6-20/h3-4,7,12,16,24H,5-6,8-11,13,20H2,1-2H3,(H,22,25)(H,23,26)/t16-/m0/s1. The first-order valence-electron chi connectivity index (χ1n) is 9.52. The van der Waals surface area contributed by atoms with E-state index in [4.69, 9.17) is 10.5 Å². The summed E-state index contributed by atoms with van der Waals surface area (Å²) in [6.07, 6.45) is 1.71. The number of nitrogens with one attached hydrogen (secondary N) is 2. The molecule has 0 unspecified atom stereocenters. The van der Waals surface area contributed by atoms with E-state index < -0.39 is 23.4 Å². The zero-order valence-corrected chi connectivity index (χ0v) is 18.9. The molecule has 11 heteroatoms. The third kappa shape index (κ3) is 9.79. The molecule has 0 saturated carbocycles. The third-order valence-corrected chi connectivity index (χ3v) is 6.36. The second-order valence-electron chi connectivity index (χ2n) is 7.00. The number of amides is 2. The van der Waals surface area contributed by atoms with Gasteiger partial charge < -0.3 is 26.2 Å². The molecule has 0 aliphatic heterocycles. The second kappa shape index (κ2) is 14.2. The van der Waals surface area contributed by atoms with Crippen molar-refractivity contribution in [3.05, 3.63) is 30.1 Å². The maximum absolute atomic E-state index is 12.6. The highest BCUT2D eigenvalue weighted by molar-refractivity contribution is 8.76. The molecule has 0 spiro atoms. The van der Waals surface area contributed by atoms with Crippen LogP contribution in [0.5, 0.6) is 0 Å². The summed E-state index contributed by atoms with van der Waals surface area (Å²) < 4.78 is 5.36. The Kier molecular flexibility index (Phi) is 12.4. The number of aliphatic hydroxyl groups excluding tert-OH is 1. The van der Waals surface area contributed by atoms with Gasteiger partial charge in [0.05, 0.1) is 12.2 Å². The van der Waals surface area contributed by atoms with Crippen molar-refractivity contribution in [1.82, 2.24) is 15.6 Å². The van der Waals surface area contributed by atoms with Gasteiger partial charge in [-0.1, -0.05) is 35.4 Å². The van der Waals surface area contributed by atoms with E-state index in [2.05, 4.69) is 15.6 Å². The van der Waals surface area contributed by atoms with E-state index in [-0.39, 0.29) is 31.0 Å². The number of aliphatic hydroxyl groups is 1. The van der Waals surface area contributed by atoms with E-state index in [1.54, 1.807) is 41.5 Å². The van der Waals surface area contributed by atoms with E-state index in [0.717, 1.165) is 11.5 Å². The van der Waals surface area contributed by atoms with Gasteiger partial charge in [-0.25, -0.2) is 4.79 Å². The summed E-state index contributed by atoms with van der Waals surface area (Å²) in [6, 6.07) is 3.10. The first-order valence-corrected chi connectivity index (χ1v) is 12.0. The van der Waals surface area contributed by atoms with Gasteiger partial charge in [0.25, 0.3) is 5.91 Å². The molecule has 1 rings (SSSR count). The molecule has 1 aromatic heterocycles. The highest BCUT2D eigenvalue weighted by Crippen LogP contribution is 2.24. The molecule has 1 heterocycles. The molecule has 0 fully saturated rings. The van der Waals surface area contributed by atoms with Gasteiger partial charge in [0.1, 0.15) is 0 Å². The summed E-state index contributed by atoms with van der Waals surface area (Å²) in [7, 11) is 3.29. The Hall–Kier alpha value is -1.82. The summed E-state index contributed by atoms with van der Waals surface area (Å²) in [4.78, 5) is 40.6. The van der Waals surface area contributed by atoms with Crippen LogP contribution in [0.2, 0.25) is 0 Å². The Morgan fingerprint density at radius 1 is 1.23 bits per heavy atom. The van der Waals surface area contributed by atoms with Crippen LogP contribution in [0.1, 0.15) is 30.6 Å². The van der Waals surface area contributed by atoms with Crippen LogP contribution in [0.3, 0.4) is 0 Å². The number of hydrogen-bond acceptors (Lipinski definition) is 9. The molecule has 0 radical (unpaired) electrons. The molecule has 1 aromatic rings. The number of carbonyl (C=O) groups is 3. The minimum absolute atomic E-state index is 0.0855. The molecule has 1 atom stereocenters. The minimum Gasteiger partial charge on any atom is -0.448 e. The van der Waals surface area contributed by atoms with Crippen molar-refractivity contribution in [2.45, 2.75) is 26.4 Å². The molecule has 0 bridgehead atoms. The molecule has 0 aliphatic carbocycles. The van der Waals surface area contributed by atoms with Crippen molar-refractivity contribution in [3.63, 3.8) is 0 Å². The summed E-state index contributed by atoms with van der Waals surface area (Å²) in [5.74, 6) is 0.145. The van der Waals surface area contributed by atoms with Gasteiger partial charge in [0.2, 0.25) is 5.91 Å². The molecule has 0 saturated heterocycles. The number of hydrogen-bond donors (Lipinski definition) is 4. The van der Waals surface area contributed by atoms with E-state index >= 15 is 0 Å². The number of rotatable bonds is 14. The summed E-state index contributed by atoms with van der Waals surface area (Å²) >= 11 is 0. The van der Waals surface area contributed by atoms with Gasteiger partial charge in [-0.3, -0.25) is 14.6 Å². The maximum Gasteiger partial charge on any atom is 0.340 e. The molecular weight excluding hydrogens is 428 g/mol. The quantitative estimate of drug-likeness (QED) is 0.179. The Balaban J connectivity index is 2.49. The van der Waals surface area contributed by atoms with Crippen molar-refractivity contribution < 1.29 is 24.2 Å². The molecule has 168 valence electrons. The lowest BCUT2D eigenvalue weighted by atomic mass is 9.86. The van der Waals surface area contributed by atoms with Gasteiger partial charge in [0, 0.05) is 55.4 Å². The summed E-state index contributed by atoms with van der Waals surface area (Å²) in [5, 5.41) is 15.0. The Morgan fingerprint density at radius 2 is 1.97 bits per heavy atom. The van der Waals surface area contributed by atoms with Crippen LogP contribution in [-0.2, 0) is 14.3 Å². The van der Waals surface area contributed by atoms with Crippen LogP contribution in [0.15, 0.2) is 24.5 Å². The molecular formula is C19H30N4O5S2. The normalized spacial score (nSPS) is 12.1. The summed E-state index contributed by atoms with van der Waals surface area (Å²) in [6.45, 7) is 4.09. The van der Waals surface area contributed by atoms with Gasteiger partial charge in [-0.2, -0.15) is 0 Å². The van der Waals surface area contributed by atoms with E-state index in [1.165, 1.54) is 18.5 Å². The van der Waals surface area contributed by atoms with E-state index in [1.807, 2.05) is 0 Å². The molecule has 2 amide bonds. The fourth-order valence-electron chi connectivity index (χ4n) is 2.19. The van der Waals surface area contributed by atoms with Crippen LogP contribution < -0.4 is 16.4 Å². The highest BCUT2D eigenvalue weighted by atomic mass is 33.1. The van der Waals surface area contributed by atoms with E-state index in [0.29, 0.717) is 13.1 Å². The average Bonchev–Trinajstić information content (AvgIpc) is 2.74. The van der Waals surface area contributed by atoms with Crippen molar-refractivity contribution in [3.8, 4) is 0 Å². The Bertz CT molecular complexity index is 676. The van der Waals surface area contributed by atoms with Crippen molar-refractivity contribution in [1.29, 1.82) is 0 Å². The predicted molar refractivity (Wildman–Crippen MR) is 119 cm³/mol. The SMILES string of the molecule is CC(C)(CO)[C@@H](OC(=O)c1cccnc1)C(=O)NCCC(=O)NCCSSCCN. The lowest BCUT2D eigenvalue weighted by Crippen LogP contribution is -2.48. The lowest BCUT2D eigenvalue weighted by Gasteiger charge is -2.30. The number of esters is 1. The zero-order chi connectivity index (χ0) is 22.4. The van der Waals surface area contributed by atoms with Crippen molar-refractivity contribution in [2.24, 2.45) is 11.1 Å². The highest BCUT2D eigenvalue weighted by Gasteiger charge is 2.38. The fourth-order valence-corrected chi connectivity index (χ4v) is 3.95. The number of pyridine rings is 1. The van der Waals surface area contributed by atoms with Crippen LogP contribution in [0.4, 0.5) is 0 Å². The zero-order valence-electron chi connectivity index (χ0n) is 17.3. The Labute approximate surface area is 184 Å². The number of ether oxygens (including phenoxy) is 1. The molecule has 0 aliphatic rings.